The van der Waals surface area contributed by atoms with Gasteiger partial charge in [-0.05, 0) is 20.8 Å². The molecule has 0 aliphatic rings. The zero-order valence-electron chi connectivity index (χ0n) is 11.1. The predicted molar refractivity (Wildman–Crippen MR) is 71.9 cm³/mol. The van der Waals surface area contributed by atoms with Crippen molar-refractivity contribution in [1.82, 2.24) is 14.8 Å². The average Bonchev–Trinajstić information content (AvgIpc) is 2.78. The first kappa shape index (κ1) is 13.0. The molecule has 0 aliphatic carbocycles. The van der Waals surface area contributed by atoms with Gasteiger partial charge in [0.2, 0.25) is 0 Å². The summed E-state index contributed by atoms with van der Waals surface area (Å²) in [7, 11) is 1.90. The number of rotatable bonds is 4. The van der Waals surface area contributed by atoms with Crippen molar-refractivity contribution in [3.05, 3.63) is 33.0 Å². The molecule has 0 aromatic carbocycles. The second-order valence-corrected chi connectivity index (χ2v) is 5.59. The Bertz CT molecular complexity index is 583. The van der Waals surface area contributed by atoms with Gasteiger partial charge in [-0.25, -0.2) is 4.98 Å². The lowest BCUT2D eigenvalue weighted by Crippen LogP contribution is -2.08. The SMILES string of the molecule is Cc1nc(CC(=O)Cc2c(C)nn(C)c2C)cs1. The van der Waals surface area contributed by atoms with Gasteiger partial charge in [0.1, 0.15) is 5.78 Å². The van der Waals surface area contributed by atoms with Gasteiger partial charge in [0, 0.05) is 36.5 Å². The molecule has 0 spiro atoms. The molecule has 0 unspecified atom stereocenters. The highest BCUT2D eigenvalue weighted by Gasteiger charge is 2.14. The normalized spacial score (nSPS) is 10.9. The Hall–Kier alpha value is -1.49. The number of hydrogen-bond donors (Lipinski definition) is 0. The molecule has 2 aromatic heterocycles. The molecule has 2 rings (SSSR count). The van der Waals surface area contributed by atoms with Crippen LogP contribution in [0.15, 0.2) is 5.38 Å². The lowest BCUT2D eigenvalue weighted by Gasteiger charge is -2.00. The van der Waals surface area contributed by atoms with E-state index < -0.39 is 0 Å². The average molecular weight is 263 g/mol. The Balaban J connectivity index is 2.07. The second-order valence-electron chi connectivity index (χ2n) is 4.52. The number of aryl methyl sites for hydroxylation is 3. The molecule has 0 fully saturated rings. The van der Waals surface area contributed by atoms with Gasteiger partial charge in [-0.3, -0.25) is 9.48 Å². The number of carbonyl (C=O) groups is 1. The number of carbonyl (C=O) groups excluding carboxylic acids is 1. The fourth-order valence-corrected chi connectivity index (χ4v) is 2.64. The zero-order chi connectivity index (χ0) is 13.3. The third kappa shape index (κ3) is 2.67. The molecule has 2 heterocycles. The molecule has 96 valence electrons. The lowest BCUT2D eigenvalue weighted by molar-refractivity contribution is -0.117. The third-order valence-corrected chi connectivity index (χ3v) is 3.90. The van der Waals surface area contributed by atoms with Gasteiger partial charge in [-0.2, -0.15) is 5.10 Å². The summed E-state index contributed by atoms with van der Waals surface area (Å²) in [6, 6.07) is 0. The molecule has 0 atom stereocenters. The molecule has 18 heavy (non-hydrogen) atoms. The summed E-state index contributed by atoms with van der Waals surface area (Å²) < 4.78 is 1.82. The molecule has 0 radical (unpaired) electrons. The summed E-state index contributed by atoms with van der Waals surface area (Å²) in [4.78, 5) is 16.4. The minimum atomic E-state index is 0.194. The standard InChI is InChI=1S/C13H17N3OS/c1-8-13(9(2)16(4)15-8)6-12(17)5-11-7-18-10(3)14-11/h7H,5-6H2,1-4H3. The third-order valence-electron chi connectivity index (χ3n) is 3.08. The highest BCUT2D eigenvalue weighted by atomic mass is 32.1. The van der Waals surface area contributed by atoms with Gasteiger partial charge in [0.25, 0.3) is 0 Å². The summed E-state index contributed by atoms with van der Waals surface area (Å²) >= 11 is 1.58. The van der Waals surface area contributed by atoms with Crippen LogP contribution in [-0.4, -0.2) is 20.5 Å². The second kappa shape index (κ2) is 5.02. The van der Waals surface area contributed by atoms with Gasteiger partial charge >= 0.3 is 0 Å². The van der Waals surface area contributed by atoms with Gasteiger partial charge in [0.05, 0.1) is 16.4 Å². The van der Waals surface area contributed by atoms with Crippen molar-refractivity contribution >= 4 is 17.1 Å². The molecule has 0 N–H and O–H groups in total. The zero-order valence-corrected chi connectivity index (χ0v) is 12.0. The summed E-state index contributed by atoms with van der Waals surface area (Å²) in [5.74, 6) is 0.194. The van der Waals surface area contributed by atoms with Crippen molar-refractivity contribution < 1.29 is 4.79 Å². The van der Waals surface area contributed by atoms with E-state index in [1.54, 1.807) is 11.3 Å². The van der Waals surface area contributed by atoms with Crippen LogP contribution in [-0.2, 0) is 24.7 Å². The molecular weight excluding hydrogens is 246 g/mol. The van der Waals surface area contributed by atoms with Crippen molar-refractivity contribution in [1.29, 1.82) is 0 Å². The molecule has 0 saturated carbocycles. The Morgan fingerprint density at radius 2 is 2.06 bits per heavy atom. The molecule has 0 saturated heterocycles. The van der Waals surface area contributed by atoms with E-state index in [4.69, 9.17) is 0 Å². The quantitative estimate of drug-likeness (QED) is 0.849. The molecule has 4 nitrogen and oxygen atoms in total. The van der Waals surface area contributed by atoms with Crippen LogP contribution >= 0.6 is 11.3 Å². The van der Waals surface area contributed by atoms with Gasteiger partial charge < -0.3 is 0 Å². The lowest BCUT2D eigenvalue weighted by atomic mass is 10.0. The fraction of sp³-hybridized carbons (Fsp3) is 0.462. The van der Waals surface area contributed by atoms with Crippen molar-refractivity contribution in [2.75, 3.05) is 0 Å². The molecule has 0 aliphatic heterocycles. The van der Waals surface area contributed by atoms with E-state index in [-0.39, 0.29) is 5.78 Å². The fourth-order valence-electron chi connectivity index (χ4n) is 2.02. The first-order valence-electron chi connectivity index (χ1n) is 5.89. The number of thiazole rings is 1. The Morgan fingerprint density at radius 3 is 2.56 bits per heavy atom. The maximum Gasteiger partial charge on any atom is 0.143 e. The minimum absolute atomic E-state index is 0.194. The number of hydrogen-bond acceptors (Lipinski definition) is 4. The smallest absolute Gasteiger partial charge is 0.143 e. The van der Waals surface area contributed by atoms with E-state index in [0.29, 0.717) is 12.8 Å². The largest absolute Gasteiger partial charge is 0.299 e. The molecular formula is C13H17N3OS. The molecule has 2 aromatic rings. The highest BCUT2D eigenvalue weighted by molar-refractivity contribution is 7.09. The maximum absolute atomic E-state index is 12.0. The number of nitrogens with zero attached hydrogens (tertiary/aromatic N) is 3. The number of Topliss-reactive ketones (excluding diaryl/α,β-unsaturated/α-hetero) is 1. The van der Waals surface area contributed by atoms with E-state index in [2.05, 4.69) is 10.1 Å². The maximum atomic E-state index is 12.0. The first-order chi connectivity index (χ1) is 8.47. The molecule has 0 amide bonds. The Kier molecular flexibility index (Phi) is 3.61. The minimum Gasteiger partial charge on any atom is -0.299 e. The molecule has 0 bridgehead atoms. The van der Waals surface area contributed by atoms with E-state index in [0.717, 1.165) is 27.7 Å². The van der Waals surface area contributed by atoms with Crippen LogP contribution in [0.2, 0.25) is 0 Å². The predicted octanol–water partition coefficient (Wildman–Crippen LogP) is 2.16. The van der Waals surface area contributed by atoms with Crippen molar-refractivity contribution in [2.45, 2.75) is 33.6 Å². The van der Waals surface area contributed by atoms with Crippen molar-refractivity contribution in [3.8, 4) is 0 Å². The summed E-state index contributed by atoms with van der Waals surface area (Å²) in [5.41, 5.74) is 3.93. The summed E-state index contributed by atoms with van der Waals surface area (Å²) in [6.45, 7) is 5.90. The highest BCUT2D eigenvalue weighted by Crippen LogP contribution is 2.15. The topological polar surface area (TPSA) is 47.8 Å². The number of ketones is 1. The van der Waals surface area contributed by atoms with Crippen LogP contribution in [0.5, 0.6) is 0 Å². The van der Waals surface area contributed by atoms with Crippen LogP contribution in [0.1, 0.15) is 27.7 Å². The first-order valence-corrected chi connectivity index (χ1v) is 6.77. The Morgan fingerprint density at radius 1 is 1.33 bits per heavy atom. The molecule has 5 heteroatoms. The van der Waals surface area contributed by atoms with Gasteiger partial charge in [-0.15, -0.1) is 11.3 Å². The van der Waals surface area contributed by atoms with E-state index in [1.165, 1.54) is 0 Å². The van der Waals surface area contributed by atoms with Crippen LogP contribution in [0.25, 0.3) is 0 Å². The van der Waals surface area contributed by atoms with E-state index in [1.807, 2.05) is 37.9 Å². The Labute approximate surface area is 111 Å². The van der Waals surface area contributed by atoms with Crippen molar-refractivity contribution in [3.63, 3.8) is 0 Å². The van der Waals surface area contributed by atoms with E-state index in [9.17, 15) is 4.79 Å². The van der Waals surface area contributed by atoms with Crippen LogP contribution in [0.4, 0.5) is 0 Å². The van der Waals surface area contributed by atoms with Gasteiger partial charge in [-0.1, -0.05) is 0 Å². The van der Waals surface area contributed by atoms with E-state index >= 15 is 0 Å². The van der Waals surface area contributed by atoms with Crippen LogP contribution < -0.4 is 0 Å². The van der Waals surface area contributed by atoms with Crippen LogP contribution in [0, 0.1) is 20.8 Å². The van der Waals surface area contributed by atoms with Gasteiger partial charge in [0.15, 0.2) is 0 Å². The monoisotopic (exact) mass is 263 g/mol. The summed E-state index contributed by atoms with van der Waals surface area (Å²) in [6.07, 6.45) is 0.861. The number of aromatic nitrogens is 3. The summed E-state index contributed by atoms with van der Waals surface area (Å²) in [5, 5.41) is 7.29. The van der Waals surface area contributed by atoms with Crippen molar-refractivity contribution in [2.24, 2.45) is 7.05 Å². The van der Waals surface area contributed by atoms with Crippen LogP contribution in [0.3, 0.4) is 0 Å².